The Balaban J connectivity index is 2.73. The van der Waals surface area contributed by atoms with E-state index in [1.807, 2.05) is 6.07 Å². The molecule has 23 heavy (non-hydrogen) atoms. The highest BCUT2D eigenvalue weighted by atomic mass is 16.6. The van der Waals surface area contributed by atoms with Crippen molar-refractivity contribution in [2.45, 2.75) is 38.8 Å². The molecule has 1 rings (SSSR count). The number of alkyl carbamates (subject to hydrolysis) is 1. The molecule has 0 heterocycles. The van der Waals surface area contributed by atoms with E-state index in [4.69, 9.17) is 14.7 Å². The number of ketones is 1. The summed E-state index contributed by atoms with van der Waals surface area (Å²) < 4.78 is 10.2. The number of nitriles is 1. The van der Waals surface area contributed by atoms with Crippen LogP contribution in [0.15, 0.2) is 24.3 Å². The first-order chi connectivity index (χ1) is 10.7. The van der Waals surface area contributed by atoms with Gasteiger partial charge in [0.1, 0.15) is 5.60 Å². The monoisotopic (exact) mass is 318 g/mol. The molecular weight excluding hydrogens is 296 g/mol. The Morgan fingerprint density at radius 3 is 2.61 bits per heavy atom. The van der Waals surface area contributed by atoms with Crippen LogP contribution in [0.3, 0.4) is 0 Å². The number of nitrogens with one attached hydrogen (secondary N) is 1. The number of methoxy groups -OCH3 is 1. The number of benzene rings is 1. The number of carbonyl (C=O) groups excluding carboxylic acids is 2. The van der Waals surface area contributed by atoms with Crippen molar-refractivity contribution in [3.63, 3.8) is 0 Å². The van der Waals surface area contributed by atoms with Crippen LogP contribution in [0.4, 0.5) is 4.79 Å². The Kier molecular flexibility index (Phi) is 6.73. The van der Waals surface area contributed by atoms with E-state index in [0.29, 0.717) is 11.1 Å². The molecule has 1 N–H and O–H groups in total. The topological polar surface area (TPSA) is 88.4 Å². The van der Waals surface area contributed by atoms with E-state index in [-0.39, 0.29) is 18.8 Å². The van der Waals surface area contributed by atoms with Crippen molar-refractivity contribution in [1.29, 1.82) is 5.26 Å². The zero-order chi connectivity index (χ0) is 17.5. The van der Waals surface area contributed by atoms with Gasteiger partial charge in [-0.3, -0.25) is 4.79 Å². The van der Waals surface area contributed by atoms with Crippen molar-refractivity contribution in [3.8, 4) is 6.07 Å². The van der Waals surface area contributed by atoms with Crippen molar-refractivity contribution < 1.29 is 19.1 Å². The van der Waals surface area contributed by atoms with Gasteiger partial charge in [0, 0.05) is 19.1 Å². The van der Waals surface area contributed by atoms with E-state index < -0.39 is 17.7 Å². The van der Waals surface area contributed by atoms with Gasteiger partial charge < -0.3 is 14.8 Å². The third-order valence-corrected chi connectivity index (χ3v) is 2.83. The third kappa shape index (κ3) is 6.94. The summed E-state index contributed by atoms with van der Waals surface area (Å²) in [6.45, 7) is 5.46. The lowest BCUT2D eigenvalue weighted by Gasteiger charge is -2.23. The van der Waals surface area contributed by atoms with Crippen LogP contribution in [-0.4, -0.2) is 37.2 Å². The fourth-order valence-corrected chi connectivity index (χ4v) is 1.93. The molecule has 0 radical (unpaired) electrons. The summed E-state index contributed by atoms with van der Waals surface area (Å²) in [5, 5.41) is 11.5. The normalized spacial score (nSPS) is 12.1. The van der Waals surface area contributed by atoms with Gasteiger partial charge in [-0.25, -0.2) is 4.79 Å². The maximum absolute atomic E-state index is 12.3. The van der Waals surface area contributed by atoms with Crippen LogP contribution in [0.1, 0.15) is 43.1 Å². The number of carbonyl (C=O) groups is 2. The molecule has 0 spiro atoms. The Labute approximate surface area is 136 Å². The minimum Gasteiger partial charge on any atom is -0.444 e. The molecular formula is C17H22N2O4. The van der Waals surface area contributed by atoms with Gasteiger partial charge >= 0.3 is 6.09 Å². The summed E-state index contributed by atoms with van der Waals surface area (Å²) >= 11 is 0. The summed E-state index contributed by atoms with van der Waals surface area (Å²) in [5.41, 5.74) is 0.225. The first kappa shape index (κ1) is 18.7. The molecule has 124 valence electrons. The standard InChI is InChI=1S/C17H22N2O4/c1-17(2,3)23-16(21)19-14(11-22-4)9-15(20)13-7-5-6-12(8-13)10-18/h5-8,14H,9,11H2,1-4H3,(H,19,21). The van der Waals surface area contributed by atoms with Crippen LogP contribution in [0.25, 0.3) is 0 Å². The van der Waals surface area contributed by atoms with Gasteiger partial charge in [0.05, 0.1) is 24.3 Å². The first-order valence-electron chi connectivity index (χ1n) is 7.27. The lowest BCUT2D eigenvalue weighted by molar-refractivity contribution is 0.0464. The van der Waals surface area contributed by atoms with Crippen molar-refractivity contribution in [2.24, 2.45) is 0 Å². The van der Waals surface area contributed by atoms with Crippen LogP contribution < -0.4 is 5.32 Å². The third-order valence-electron chi connectivity index (χ3n) is 2.83. The number of hydrogen-bond donors (Lipinski definition) is 1. The predicted octanol–water partition coefficient (Wildman–Crippen LogP) is 2.67. The van der Waals surface area contributed by atoms with E-state index in [1.54, 1.807) is 39.0 Å². The fraction of sp³-hybridized carbons (Fsp3) is 0.471. The zero-order valence-electron chi connectivity index (χ0n) is 13.9. The lowest BCUT2D eigenvalue weighted by atomic mass is 10.0. The van der Waals surface area contributed by atoms with Gasteiger partial charge in [-0.15, -0.1) is 0 Å². The van der Waals surface area contributed by atoms with Crippen molar-refractivity contribution in [1.82, 2.24) is 5.32 Å². The average molecular weight is 318 g/mol. The minimum absolute atomic E-state index is 0.0575. The first-order valence-corrected chi connectivity index (χ1v) is 7.27. The quantitative estimate of drug-likeness (QED) is 0.815. The smallest absolute Gasteiger partial charge is 0.407 e. The molecule has 1 atom stereocenters. The maximum Gasteiger partial charge on any atom is 0.407 e. The molecule has 1 aromatic carbocycles. The number of rotatable bonds is 6. The molecule has 1 amide bonds. The van der Waals surface area contributed by atoms with E-state index in [2.05, 4.69) is 5.32 Å². The van der Waals surface area contributed by atoms with Gasteiger partial charge in [0.15, 0.2) is 5.78 Å². The van der Waals surface area contributed by atoms with E-state index in [9.17, 15) is 9.59 Å². The van der Waals surface area contributed by atoms with Gasteiger partial charge in [-0.05, 0) is 32.9 Å². The second-order valence-electron chi connectivity index (χ2n) is 6.12. The van der Waals surface area contributed by atoms with E-state index in [0.717, 1.165) is 0 Å². The molecule has 6 nitrogen and oxygen atoms in total. The molecule has 1 unspecified atom stereocenters. The van der Waals surface area contributed by atoms with Crippen LogP contribution >= 0.6 is 0 Å². The van der Waals surface area contributed by atoms with Gasteiger partial charge in [0.25, 0.3) is 0 Å². The molecule has 0 saturated heterocycles. The second kappa shape index (κ2) is 8.30. The number of amides is 1. The summed E-state index contributed by atoms with van der Waals surface area (Å²) in [5.74, 6) is -0.180. The zero-order valence-corrected chi connectivity index (χ0v) is 13.9. The molecule has 0 bridgehead atoms. The Morgan fingerprint density at radius 1 is 1.35 bits per heavy atom. The summed E-state index contributed by atoms with van der Waals surface area (Å²) in [4.78, 5) is 24.1. The fourth-order valence-electron chi connectivity index (χ4n) is 1.93. The highest BCUT2D eigenvalue weighted by molar-refractivity contribution is 5.97. The summed E-state index contributed by atoms with van der Waals surface area (Å²) in [7, 11) is 1.49. The highest BCUT2D eigenvalue weighted by Gasteiger charge is 2.22. The number of Topliss-reactive ketones (excluding diaryl/α,β-unsaturated/α-hetero) is 1. The Bertz CT molecular complexity index is 599. The van der Waals surface area contributed by atoms with Crippen molar-refractivity contribution >= 4 is 11.9 Å². The van der Waals surface area contributed by atoms with E-state index in [1.165, 1.54) is 13.2 Å². The van der Waals surface area contributed by atoms with Crippen LogP contribution in [0.2, 0.25) is 0 Å². The van der Waals surface area contributed by atoms with E-state index >= 15 is 0 Å². The number of ether oxygens (including phenoxy) is 2. The molecule has 0 aliphatic carbocycles. The van der Waals surface area contributed by atoms with Gasteiger partial charge in [0.2, 0.25) is 0 Å². The molecule has 0 aliphatic rings. The minimum atomic E-state index is -0.618. The summed E-state index contributed by atoms with van der Waals surface area (Å²) in [6.07, 6.45) is -0.541. The second-order valence-corrected chi connectivity index (χ2v) is 6.12. The molecule has 0 aliphatic heterocycles. The van der Waals surface area contributed by atoms with Crippen molar-refractivity contribution in [3.05, 3.63) is 35.4 Å². The summed E-state index contributed by atoms with van der Waals surface area (Å²) in [6, 6.07) is 7.93. The van der Waals surface area contributed by atoms with Gasteiger partial charge in [-0.2, -0.15) is 5.26 Å². The number of hydrogen-bond acceptors (Lipinski definition) is 5. The molecule has 1 aromatic rings. The Morgan fingerprint density at radius 2 is 2.04 bits per heavy atom. The van der Waals surface area contributed by atoms with Crippen LogP contribution in [0.5, 0.6) is 0 Å². The molecule has 0 aromatic heterocycles. The lowest BCUT2D eigenvalue weighted by Crippen LogP contribution is -2.42. The Hall–Kier alpha value is -2.39. The molecule has 0 fully saturated rings. The van der Waals surface area contributed by atoms with Gasteiger partial charge in [-0.1, -0.05) is 12.1 Å². The number of nitrogens with zero attached hydrogens (tertiary/aromatic N) is 1. The highest BCUT2D eigenvalue weighted by Crippen LogP contribution is 2.11. The van der Waals surface area contributed by atoms with Crippen LogP contribution in [0, 0.1) is 11.3 Å². The maximum atomic E-state index is 12.3. The SMILES string of the molecule is COCC(CC(=O)c1cccc(C#N)c1)NC(=O)OC(C)(C)C. The van der Waals surface area contributed by atoms with Crippen LogP contribution in [-0.2, 0) is 9.47 Å². The molecule has 6 heteroatoms. The molecule has 0 saturated carbocycles. The van der Waals surface area contributed by atoms with Crippen molar-refractivity contribution in [2.75, 3.05) is 13.7 Å². The predicted molar refractivity (Wildman–Crippen MR) is 85.1 cm³/mol. The largest absolute Gasteiger partial charge is 0.444 e. The average Bonchev–Trinajstić information content (AvgIpc) is 2.45.